The van der Waals surface area contributed by atoms with E-state index >= 15 is 0 Å². The second-order valence-electron chi connectivity index (χ2n) is 0.954. The lowest BCUT2D eigenvalue weighted by Crippen LogP contribution is -1.86. The zero-order valence-electron chi connectivity index (χ0n) is 3.64. The van der Waals surface area contributed by atoms with Crippen molar-refractivity contribution in [3.8, 4) is 0 Å². The molecule has 44 valence electrons. The van der Waals surface area contributed by atoms with Gasteiger partial charge in [-0.3, -0.25) is 4.55 Å². The Balaban J connectivity index is 2.93. The van der Waals surface area contributed by atoms with Crippen molar-refractivity contribution < 1.29 is 13.2 Å². The first kappa shape index (κ1) is 5.39. The van der Waals surface area contributed by atoms with Crippen molar-refractivity contribution in [3.05, 3.63) is 6.39 Å². The lowest BCUT2D eigenvalue weighted by molar-refractivity contribution is 0.422. The molecule has 1 aromatic heterocycles. The standard InChI is InChI=1S/C2H2N2O3S/c5-8(6)2-4-3-1-7-2/h1H,(H,5,6). The fraction of sp³-hybridized carbons (Fsp3) is 0. The molecule has 0 saturated heterocycles. The van der Waals surface area contributed by atoms with Crippen LogP contribution in [0.15, 0.2) is 16.0 Å². The van der Waals surface area contributed by atoms with Crippen molar-refractivity contribution in [2.45, 2.75) is 5.22 Å². The summed E-state index contributed by atoms with van der Waals surface area (Å²) in [5.41, 5.74) is 0. The summed E-state index contributed by atoms with van der Waals surface area (Å²) in [5.74, 6) is 0. The Morgan fingerprint density at radius 2 is 2.62 bits per heavy atom. The first-order valence-electron chi connectivity index (χ1n) is 1.67. The Morgan fingerprint density at radius 1 is 1.88 bits per heavy atom. The lowest BCUT2D eigenvalue weighted by atomic mass is 11.5. The largest absolute Gasteiger partial charge is 0.415 e. The zero-order chi connectivity index (χ0) is 5.98. The van der Waals surface area contributed by atoms with E-state index < -0.39 is 11.1 Å². The number of hydrogen-bond acceptors (Lipinski definition) is 4. The SMILES string of the molecule is O=S(O)c1nnco1. The van der Waals surface area contributed by atoms with Gasteiger partial charge in [0.15, 0.2) is 0 Å². The third-order valence-electron chi connectivity index (χ3n) is 0.489. The van der Waals surface area contributed by atoms with Crippen molar-refractivity contribution in [1.82, 2.24) is 10.2 Å². The summed E-state index contributed by atoms with van der Waals surface area (Å²) < 4.78 is 22.5. The molecule has 0 aliphatic carbocycles. The molecule has 8 heavy (non-hydrogen) atoms. The second kappa shape index (κ2) is 2.01. The second-order valence-corrected chi connectivity index (χ2v) is 1.80. The minimum Gasteiger partial charge on any atom is -0.415 e. The summed E-state index contributed by atoms with van der Waals surface area (Å²) in [4.78, 5) is 0. The molecule has 0 radical (unpaired) electrons. The first-order valence-corrected chi connectivity index (χ1v) is 2.78. The molecule has 5 nitrogen and oxygen atoms in total. The van der Waals surface area contributed by atoms with Gasteiger partial charge in [0.25, 0.3) is 0 Å². The van der Waals surface area contributed by atoms with Crippen molar-refractivity contribution in [3.63, 3.8) is 0 Å². The van der Waals surface area contributed by atoms with Gasteiger partial charge in [-0.25, -0.2) is 4.21 Å². The Morgan fingerprint density at radius 3 is 2.88 bits per heavy atom. The van der Waals surface area contributed by atoms with E-state index in [1.54, 1.807) is 0 Å². The van der Waals surface area contributed by atoms with Crippen LogP contribution in [0.1, 0.15) is 0 Å². The average molecular weight is 134 g/mol. The van der Waals surface area contributed by atoms with E-state index in [1.807, 2.05) is 0 Å². The Bertz CT molecular complexity index is 183. The molecule has 1 atom stereocenters. The smallest absolute Gasteiger partial charge is 0.335 e. The van der Waals surface area contributed by atoms with Gasteiger partial charge in [-0.1, -0.05) is 5.10 Å². The van der Waals surface area contributed by atoms with Crippen LogP contribution in [-0.4, -0.2) is 19.0 Å². The fourth-order valence-corrected chi connectivity index (χ4v) is 0.481. The molecule has 0 aliphatic heterocycles. The Labute approximate surface area is 47.0 Å². The highest BCUT2D eigenvalue weighted by Crippen LogP contribution is 1.94. The molecule has 0 fully saturated rings. The van der Waals surface area contributed by atoms with Crippen LogP contribution >= 0.6 is 0 Å². The normalized spacial score (nSPS) is 13.6. The highest BCUT2D eigenvalue weighted by atomic mass is 32.2. The van der Waals surface area contributed by atoms with Gasteiger partial charge in [0, 0.05) is 0 Å². The maximum Gasteiger partial charge on any atom is 0.335 e. The molecule has 6 heteroatoms. The van der Waals surface area contributed by atoms with Gasteiger partial charge in [0.05, 0.1) is 0 Å². The van der Waals surface area contributed by atoms with Gasteiger partial charge in [0.2, 0.25) is 17.5 Å². The van der Waals surface area contributed by atoms with Crippen LogP contribution in [0.2, 0.25) is 0 Å². The molecular weight excluding hydrogens is 132 g/mol. The number of nitrogens with zero attached hydrogens (tertiary/aromatic N) is 2. The minimum atomic E-state index is -2.14. The minimum absolute atomic E-state index is 0.273. The van der Waals surface area contributed by atoms with Crippen LogP contribution in [0.3, 0.4) is 0 Å². The van der Waals surface area contributed by atoms with Crippen LogP contribution in [0.5, 0.6) is 0 Å². The van der Waals surface area contributed by atoms with E-state index in [1.165, 1.54) is 0 Å². The molecule has 0 spiro atoms. The monoisotopic (exact) mass is 134 g/mol. The van der Waals surface area contributed by atoms with Crippen LogP contribution in [0.25, 0.3) is 0 Å². The number of hydrogen-bond donors (Lipinski definition) is 1. The van der Waals surface area contributed by atoms with Crippen LogP contribution < -0.4 is 0 Å². The lowest BCUT2D eigenvalue weighted by Gasteiger charge is -1.76. The molecule has 0 amide bonds. The topological polar surface area (TPSA) is 76.2 Å². The predicted octanol–water partition coefficient (Wildman–Crippen LogP) is -0.350. The molecule has 1 aromatic rings. The van der Waals surface area contributed by atoms with Crippen molar-refractivity contribution in [2.24, 2.45) is 0 Å². The van der Waals surface area contributed by atoms with Gasteiger partial charge < -0.3 is 4.42 Å². The number of rotatable bonds is 1. The van der Waals surface area contributed by atoms with E-state index in [0.717, 1.165) is 6.39 Å². The molecule has 0 aliphatic rings. The summed E-state index contributed by atoms with van der Waals surface area (Å²) in [7, 11) is 0. The van der Waals surface area contributed by atoms with Gasteiger partial charge in [0.1, 0.15) is 0 Å². The Kier molecular flexibility index (Phi) is 1.36. The van der Waals surface area contributed by atoms with Crippen molar-refractivity contribution in [2.75, 3.05) is 0 Å². The van der Waals surface area contributed by atoms with Crippen LogP contribution in [-0.2, 0) is 11.1 Å². The Hall–Kier alpha value is -0.750. The van der Waals surface area contributed by atoms with E-state index in [4.69, 9.17) is 4.55 Å². The number of aromatic nitrogens is 2. The highest BCUT2D eigenvalue weighted by molar-refractivity contribution is 7.78. The molecular formula is C2H2N2O3S. The molecule has 1 heterocycles. The van der Waals surface area contributed by atoms with E-state index in [-0.39, 0.29) is 5.22 Å². The van der Waals surface area contributed by atoms with E-state index in [9.17, 15) is 4.21 Å². The van der Waals surface area contributed by atoms with Gasteiger partial charge in [-0.2, -0.15) is 0 Å². The summed E-state index contributed by atoms with van der Waals surface area (Å²) in [6.45, 7) is 0. The quantitative estimate of drug-likeness (QED) is 0.531. The van der Waals surface area contributed by atoms with Gasteiger partial charge >= 0.3 is 5.22 Å². The van der Waals surface area contributed by atoms with Gasteiger partial charge in [-0.15, -0.1) is 5.10 Å². The molecule has 0 aromatic carbocycles. The summed E-state index contributed by atoms with van der Waals surface area (Å²) >= 11 is -2.14. The molecule has 0 saturated carbocycles. The molecule has 1 N–H and O–H groups in total. The van der Waals surface area contributed by atoms with Crippen LogP contribution in [0.4, 0.5) is 0 Å². The third-order valence-corrected chi connectivity index (χ3v) is 0.966. The van der Waals surface area contributed by atoms with Crippen LogP contribution in [0, 0.1) is 0 Å². The van der Waals surface area contributed by atoms with Crippen molar-refractivity contribution >= 4 is 11.1 Å². The zero-order valence-corrected chi connectivity index (χ0v) is 4.46. The third kappa shape index (κ3) is 0.903. The maximum absolute atomic E-state index is 9.98. The molecule has 1 rings (SSSR count). The average Bonchev–Trinajstić information content (AvgIpc) is 2.12. The van der Waals surface area contributed by atoms with E-state index in [0.29, 0.717) is 0 Å². The highest BCUT2D eigenvalue weighted by Gasteiger charge is 2.02. The fourth-order valence-electron chi connectivity index (χ4n) is 0.239. The summed E-state index contributed by atoms with van der Waals surface area (Å²) in [6.07, 6.45) is 0.990. The summed E-state index contributed by atoms with van der Waals surface area (Å²) in [5, 5.41) is 6.05. The maximum atomic E-state index is 9.98. The van der Waals surface area contributed by atoms with Gasteiger partial charge in [-0.05, 0) is 0 Å². The predicted molar refractivity (Wildman–Crippen MR) is 23.3 cm³/mol. The molecule has 0 bridgehead atoms. The summed E-state index contributed by atoms with van der Waals surface area (Å²) in [6, 6.07) is 0. The van der Waals surface area contributed by atoms with E-state index in [2.05, 4.69) is 14.6 Å². The molecule has 1 unspecified atom stereocenters. The first-order chi connectivity index (χ1) is 3.80. The van der Waals surface area contributed by atoms with Crippen molar-refractivity contribution in [1.29, 1.82) is 0 Å².